The van der Waals surface area contributed by atoms with E-state index < -0.39 is 5.41 Å². The van der Waals surface area contributed by atoms with Crippen molar-refractivity contribution >= 4 is 5.91 Å². The summed E-state index contributed by atoms with van der Waals surface area (Å²) in [5.74, 6) is 0.0729. The van der Waals surface area contributed by atoms with Crippen LogP contribution in [0.15, 0.2) is 30.3 Å². The molecule has 26 heavy (non-hydrogen) atoms. The second kappa shape index (κ2) is 9.49. The molecule has 1 amide bonds. The maximum atomic E-state index is 12.9. The number of carbonyl (C=O) groups excluding carboxylic acids is 1. The molecule has 1 unspecified atom stereocenters. The molecule has 5 heteroatoms. The van der Waals surface area contributed by atoms with E-state index in [4.69, 9.17) is 10.5 Å². The molecule has 1 aliphatic rings. The van der Waals surface area contributed by atoms with E-state index in [2.05, 4.69) is 55.7 Å². The normalized spacial score (nSPS) is 18.3. The van der Waals surface area contributed by atoms with Gasteiger partial charge in [-0.15, -0.1) is 0 Å². The van der Waals surface area contributed by atoms with E-state index in [1.165, 1.54) is 5.56 Å². The van der Waals surface area contributed by atoms with Crippen LogP contribution in [0.1, 0.15) is 58.1 Å². The molecule has 1 aromatic carbocycles. The van der Waals surface area contributed by atoms with E-state index in [0.29, 0.717) is 39.1 Å². The maximum absolute atomic E-state index is 12.9. The summed E-state index contributed by atoms with van der Waals surface area (Å²) >= 11 is 0. The van der Waals surface area contributed by atoms with Gasteiger partial charge < -0.3 is 21.1 Å². The molecule has 4 N–H and O–H groups in total. The lowest BCUT2D eigenvalue weighted by atomic mass is 9.79. The number of hydrogen-bond acceptors (Lipinski definition) is 4. The Hall–Kier alpha value is -1.43. The molecule has 0 radical (unpaired) electrons. The standard InChI is InChI=1S/C21H35N3O2/c1-4-21(5-2,24-17(3)18-9-7-6-8-10-18)16-23-19(25)20(15-22)11-13-26-14-12-20/h6-10,17,24H,4-5,11-16,22H2,1-3H3,(H,23,25). The fourth-order valence-corrected chi connectivity index (χ4v) is 3.76. The lowest BCUT2D eigenvalue weighted by Gasteiger charge is -2.39. The van der Waals surface area contributed by atoms with Crippen molar-refractivity contribution in [1.82, 2.24) is 10.6 Å². The molecule has 0 bridgehead atoms. The Kier molecular flexibility index (Phi) is 7.62. The Morgan fingerprint density at radius 1 is 1.23 bits per heavy atom. The van der Waals surface area contributed by atoms with Gasteiger partial charge in [0, 0.05) is 37.9 Å². The number of amides is 1. The van der Waals surface area contributed by atoms with Crippen LogP contribution in [0.4, 0.5) is 0 Å². The number of nitrogens with two attached hydrogens (primary N) is 1. The van der Waals surface area contributed by atoms with Crippen LogP contribution in [-0.4, -0.2) is 37.7 Å². The first-order valence-electron chi connectivity index (χ1n) is 9.89. The molecule has 2 rings (SSSR count). The van der Waals surface area contributed by atoms with Gasteiger partial charge in [-0.1, -0.05) is 44.2 Å². The lowest BCUT2D eigenvalue weighted by Crippen LogP contribution is -2.57. The zero-order chi connectivity index (χ0) is 19.0. The second-order valence-electron chi connectivity index (χ2n) is 7.54. The number of benzene rings is 1. The van der Waals surface area contributed by atoms with Gasteiger partial charge >= 0.3 is 0 Å². The summed E-state index contributed by atoms with van der Waals surface area (Å²) < 4.78 is 5.42. The summed E-state index contributed by atoms with van der Waals surface area (Å²) in [6, 6.07) is 10.6. The van der Waals surface area contributed by atoms with Gasteiger partial charge in [0.1, 0.15) is 0 Å². The average Bonchev–Trinajstić information content (AvgIpc) is 2.72. The Bertz CT molecular complexity index is 552. The minimum Gasteiger partial charge on any atom is -0.381 e. The van der Waals surface area contributed by atoms with Crippen molar-refractivity contribution in [2.24, 2.45) is 11.1 Å². The topological polar surface area (TPSA) is 76.4 Å². The SMILES string of the molecule is CCC(CC)(CNC(=O)C1(CN)CCOCC1)NC(C)c1ccccc1. The Labute approximate surface area is 158 Å². The second-order valence-corrected chi connectivity index (χ2v) is 7.54. The maximum Gasteiger partial charge on any atom is 0.227 e. The third-order valence-electron chi connectivity index (χ3n) is 6.09. The largest absolute Gasteiger partial charge is 0.381 e. The predicted octanol–water partition coefficient (Wildman–Crippen LogP) is 2.77. The van der Waals surface area contributed by atoms with E-state index in [0.717, 1.165) is 12.8 Å². The van der Waals surface area contributed by atoms with E-state index >= 15 is 0 Å². The van der Waals surface area contributed by atoms with Gasteiger partial charge in [-0.3, -0.25) is 4.79 Å². The third-order valence-corrected chi connectivity index (χ3v) is 6.09. The number of hydrogen-bond donors (Lipinski definition) is 3. The highest BCUT2D eigenvalue weighted by molar-refractivity contribution is 5.83. The summed E-state index contributed by atoms with van der Waals surface area (Å²) in [5.41, 5.74) is 6.62. The number of rotatable bonds is 9. The molecule has 0 aromatic heterocycles. The molecular formula is C21H35N3O2. The minimum absolute atomic E-state index is 0.0729. The minimum atomic E-state index is -0.476. The summed E-state index contributed by atoms with van der Waals surface area (Å²) in [7, 11) is 0. The molecule has 1 fully saturated rings. The molecule has 5 nitrogen and oxygen atoms in total. The fourth-order valence-electron chi connectivity index (χ4n) is 3.76. The van der Waals surface area contributed by atoms with E-state index in [-0.39, 0.29) is 17.5 Å². The first-order valence-corrected chi connectivity index (χ1v) is 9.89. The quantitative estimate of drug-likeness (QED) is 0.632. The summed E-state index contributed by atoms with van der Waals surface area (Å²) in [4.78, 5) is 12.9. The van der Waals surface area contributed by atoms with Crippen LogP contribution in [0.25, 0.3) is 0 Å². The van der Waals surface area contributed by atoms with Crippen LogP contribution in [0.3, 0.4) is 0 Å². The van der Waals surface area contributed by atoms with Crippen molar-refractivity contribution in [3.63, 3.8) is 0 Å². The predicted molar refractivity (Wildman–Crippen MR) is 106 cm³/mol. The summed E-state index contributed by atoms with van der Waals surface area (Å²) in [5, 5.41) is 6.97. The summed E-state index contributed by atoms with van der Waals surface area (Å²) in [6.07, 6.45) is 3.29. The molecule has 1 aromatic rings. The van der Waals surface area contributed by atoms with E-state index in [1.54, 1.807) is 0 Å². The smallest absolute Gasteiger partial charge is 0.227 e. The van der Waals surface area contributed by atoms with Crippen LogP contribution in [-0.2, 0) is 9.53 Å². The van der Waals surface area contributed by atoms with Gasteiger partial charge in [-0.05, 0) is 38.2 Å². The van der Waals surface area contributed by atoms with E-state index in [9.17, 15) is 4.79 Å². The van der Waals surface area contributed by atoms with Crippen molar-refractivity contribution in [1.29, 1.82) is 0 Å². The van der Waals surface area contributed by atoms with Gasteiger partial charge in [0.05, 0.1) is 5.41 Å². The van der Waals surface area contributed by atoms with E-state index in [1.807, 2.05) is 6.07 Å². The van der Waals surface area contributed by atoms with Crippen LogP contribution in [0, 0.1) is 5.41 Å². The molecule has 0 aliphatic carbocycles. The molecule has 0 saturated carbocycles. The molecule has 1 heterocycles. The Balaban J connectivity index is 2.03. The van der Waals surface area contributed by atoms with Gasteiger partial charge in [0.25, 0.3) is 0 Å². The van der Waals surface area contributed by atoms with Crippen LogP contribution in [0.2, 0.25) is 0 Å². The molecule has 0 spiro atoms. The number of carbonyl (C=O) groups is 1. The van der Waals surface area contributed by atoms with Crippen molar-refractivity contribution in [3.8, 4) is 0 Å². The van der Waals surface area contributed by atoms with Gasteiger partial charge in [-0.25, -0.2) is 0 Å². The van der Waals surface area contributed by atoms with Crippen molar-refractivity contribution in [3.05, 3.63) is 35.9 Å². The zero-order valence-corrected chi connectivity index (χ0v) is 16.5. The van der Waals surface area contributed by atoms with Crippen molar-refractivity contribution in [2.45, 2.75) is 58.0 Å². The Morgan fingerprint density at radius 2 is 1.85 bits per heavy atom. The van der Waals surface area contributed by atoms with Crippen LogP contribution in [0.5, 0.6) is 0 Å². The number of ether oxygens (including phenoxy) is 1. The van der Waals surface area contributed by atoms with Crippen molar-refractivity contribution in [2.75, 3.05) is 26.3 Å². The van der Waals surface area contributed by atoms with Gasteiger partial charge in [-0.2, -0.15) is 0 Å². The molecule has 1 atom stereocenters. The molecule has 146 valence electrons. The average molecular weight is 362 g/mol. The number of nitrogens with one attached hydrogen (secondary N) is 2. The molecule has 1 aliphatic heterocycles. The fraction of sp³-hybridized carbons (Fsp3) is 0.667. The monoisotopic (exact) mass is 361 g/mol. The van der Waals surface area contributed by atoms with Gasteiger partial charge in [0.15, 0.2) is 0 Å². The first kappa shape index (κ1) is 20.9. The molecular weight excluding hydrogens is 326 g/mol. The highest BCUT2D eigenvalue weighted by Crippen LogP contribution is 2.30. The van der Waals surface area contributed by atoms with Crippen LogP contribution >= 0.6 is 0 Å². The molecule has 1 saturated heterocycles. The van der Waals surface area contributed by atoms with Gasteiger partial charge in [0.2, 0.25) is 5.91 Å². The lowest BCUT2D eigenvalue weighted by molar-refractivity contribution is -0.136. The highest BCUT2D eigenvalue weighted by atomic mass is 16.5. The third kappa shape index (κ3) is 4.84. The zero-order valence-electron chi connectivity index (χ0n) is 16.5. The Morgan fingerprint density at radius 3 is 2.38 bits per heavy atom. The van der Waals surface area contributed by atoms with Crippen molar-refractivity contribution < 1.29 is 9.53 Å². The van der Waals surface area contributed by atoms with Crippen LogP contribution < -0.4 is 16.4 Å². The first-order chi connectivity index (χ1) is 12.5. The summed E-state index contributed by atoms with van der Waals surface area (Å²) in [6.45, 7) is 8.74. The highest BCUT2D eigenvalue weighted by Gasteiger charge is 2.40.